The fourth-order valence-corrected chi connectivity index (χ4v) is 4.06. The minimum absolute atomic E-state index is 0.0635. The van der Waals surface area contributed by atoms with E-state index in [0.29, 0.717) is 12.5 Å². The van der Waals surface area contributed by atoms with Crippen molar-refractivity contribution >= 4 is 23.4 Å². The molecule has 0 bridgehead atoms. The van der Waals surface area contributed by atoms with Crippen LogP contribution in [-0.4, -0.2) is 32.5 Å². The van der Waals surface area contributed by atoms with E-state index < -0.39 is 0 Å². The number of thioether (sulfide) groups is 1. The number of anilines is 1. The number of ether oxygens (including phenoxy) is 1. The van der Waals surface area contributed by atoms with Crippen molar-refractivity contribution in [1.29, 1.82) is 0 Å². The normalized spacial score (nSPS) is 14.3. The maximum absolute atomic E-state index is 12.7. The van der Waals surface area contributed by atoms with Gasteiger partial charge in [-0.2, -0.15) is 0 Å². The molecule has 7 heteroatoms. The van der Waals surface area contributed by atoms with Crippen molar-refractivity contribution in [3.05, 3.63) is 66.0 Å². The van der Waals surface area contributed by atoms with Crippen LogP contribution in [-0.2, 0) is 11.3 Å². The highest BCUT2D eigenvalue weighted by Gasteiger charge is 2.31. The van der Waals surface area contributed by atoms with Crippen LogP contribution in [0, 0.1) is 0 Å². The summed E-state index contributed by atoms with van der Waals surface area (Å²) >= 11 is 1.45. The second-order valence-electron chi connectivity index (χ2n) is 7.39. The molecule has 4 rings (SSSR count). The summed E-state index contributed by atoms with van der Waals surface area (Å²) in [5, 5.41) is 12.3. The molecule has 156 valence electrons. The summed E-state index contributed by atoms with van der Waals surface area (Å²) in [6.45, 7) is 5.17. The third-order valence-electron chi connectivity index (χ3n) is 4.96. The van der Waals surface area contributed by atoms with Gasteiger partial charge in [-0.15, -0.1) is 10.2 Å². The van der Waals surface area contributed by atoms with Crippen molar-refractivity contribution < 1.29 is 9.53 Å². The van der Waals surface area contributed by atoms with Gasteiger partial charge in [0, 0.05) is 11.6 Å². The predicted octanol–water partition coefficient (Wildman–Crippen LogP) is 4.72. The van der Waals surface area contributed by atoms with Crippen LogP contribution in [0.15, 0.2) is 59.8 Å². The van der Waals surface area contributed by atoms with Gasteiger partial charge in [-0.05, 0) is 56.5 Å². The van der Waals surface area contributed by atoms with E-state index in [-0.39, 0.29) is 11.2 Å². The van der Waals surface area contributed by atoms with Gasteiger partial charge in [0.05, 0.1) is 18.4 Å². The monoisotopic (exact) mass is 422 g/mol. The highest BCUT2D eigenvalue weighted by atomic mass is 32.2. The van der Waals surface area contributed by atoms with Gasteiger partial charge in [-0.1, -0.05) is 42.1 Å². The lowest BCUT2D eigenvalue weighted by Gasteiger charge is -2.14. The Bertz CT molecular complexity index is 984. The molecule has 1 atom stereocenters. The predicted molar refractivity (Wildman–Crippen MR) is 119 cm³/mol. The lowest BCUT2D eigenvalue weighted by atomic mass is 10.2. The molecule has 30 heavy (non-hydrogen) atoms. The molecule has 0 spiro atoms. The van der Waals surface area contributed by atoms with Crippen LogP contribution in [0.2, 0.25) is 0 Å². The SMILES string of the molecule is CCOc1ccc(NC(=O)C(C)Sc2nnc(C3CC3)n2Cc2ccccc2)cc1. The number of aromatic nitrogens is 3. The van der Waals surface area contributed by atoms with Gasteiger partial charge in [0.1, 0.15) is 11.6 Å². The lowest BCUT2D eigenvalue weighted by molar-refractivity contribution is -0.115. The first-order valence-electron chi connectivity index (χ1n) is 10.3. The Balaban J connectivity index is 1.44. The molecule has 0 saturated heterocycles. The van der Waals surface area contributed by atoms with Gasteiger partial charge in [-0.3, -0.25) is 4.79 Å². The van der Waals surface area contributed by atoms with Crippen LogP contribution in [0.4, 0.5) is 5.69 Å². The number of nitrogens with zero attached hydrogens (tertiary/aromatic N) is 3. The summed E-state index contributed by atoms with van der Waals surface area (Å²) in [6, 6.07) is 17.7. The first-order chi connectivity index (χ1) is 14.6. The third-order valence-corrected chi connectivity index (χ3v) is 6.04. The molecule has 0 aliphatic heterocycles. The maximum Gasteiger partial charge on any atom is 0.237 e. The van der Waals surface area contributed by atoms with E-state index in [1.54, 1.807) is 0 Å². The molecule has 1 fully saturated rings. The first kappa shape index (κ1) is 20.5. The van der Waals surface area contributed by atoms with Gasteiger partial charge in [-0.25, -0.2) is 0 Å². The Labute approximate surface area is 181 Å². The fourth-order valence-electron chi connectivity index (χ4n) is 3.20. The topological polar surface area (TPSA) is 69.0 Å². The largest absolute Gasteiger partial charge is 0.494 e. The van der Waals surface area contributed by atoms with Crippen LogP contribution in [0.25, 0.3) is 0 Å². The zero-order valence-corrected chi connectivity index (χ0v) is 18.1. The second-order valence-corrected chi connectivity index (χ2v) is 8.70. The Morgan fingerprint density at radius 3 is 2.57 bits per heavy atom. The van der Waals surface area contributed by atoms with Crippen molar-refractivity contribution in [2.75, 3.05) is 11.9 Å². The van der Waals surface area contributed by atoms with E-state index in [4.69, 9.17) is 4.74 Å². The van der Waals surface area contributed by atoms with E-state index >= 15 is 0 Å². The smallest absolute Gasteiger partial charge is 0.237 e. The van der Waals surface area contributed by atoms with Crippen LogP contribution < -0.4 is 10.1 Å². The molecule has 1 unspecified atom stereocenters. The number of amides is 1. The molecule has 1 N–H and O–H groups in total. The lowest BCUT2D eigenvalue weighted by Crippen LogP contribution is -2.23. The molecule has 0 radical (unpaired) electrons. The molecule has 1 aliphatic rings. The van der Waals surface area contributed by atoms with Crippen molar-refractivity contribution in [3.63, 3.8) is 0 Å². The van der Waals surface area contributed by atoms with E-state index in [0.717, 1.165) is 41.8 Å². The average molecular weight is 423 g/mol. The molecular formula is C23H26N4O2S. The number of rotatable bonds is 9. The number of nitrogens with one attached hydrogen (secondary N) is 1. The summed E-state index contributed by atoms with van der Waals surface area (Å²) in [7, 11) is 0. The van der Waals surface area contributed by atoms with Crippen molar-refractivity contribution in [3.8, 4) is 5.75 Å². The quantitative estimate of drug-likeness (QED) is 0.505. The fraction of sp³-hybridized carbons (Fsp3) is 0.348. The zero-order chi connectivity index (χ0) is 20.9. The Kier molecular flexibility index (Phi) is 6.38. The van der Waals surface area contributed by atoms with E-state index in [9.17, 15) is 4.79 Å². The molecule has 1 saturated carbocycles. The summed E-state index contributed by atoms with van der Waals surface area (Å²) in [4.78, 5) is 12.7. The number of benzene rings is 2. The van der Waals surface area contributed by atoms with E-state index in [1.165, 1.54) is 17.3 Å². The van der Waals surface area contributed by atoms with Crippen molar-refractivity contribution in [2.24, 2.45) is 0 Å². The molecule has 6 nitrogen and oxygen atoms in total. The van der Waals surface area contributed by atoms with Crippen molar-refractivity contribution in [2.45, 2.75) is 49.6 Å². The van der Waals surface area contributed by atoms with Crippen LogP contribution in [0.1, 0.15) is 44.0 Å². The molecule has 1 amide bonds. The molecule has 2 aromatic carbocycles. The summed E-state index contributed by atoms with van der Waals surface area (Å²) in [5.41, 5.74) is 1.95. The highest BCUT2D eigenvalue weighted by molar-refractivity contribution is 8.00. The zero-order valence-electron chi connectivity index (χ0n) is 17.2. The molecule has 1 heterocycles. The number of hydrogen-bond donors (Lipinski definition) is 1. The molecule has 1 aromatic heterocycles. The Morgan fingerprint density at radius 2 is 1.90 bits per heavy atom. The van der Waals surface area contributed by atoms with Gasteiger partial charge < -0.3 is 14.6 Å². The summed E-state index contributed by atoms with van der Waals surface area (Å²) < 4.78 is 7.61. The number of carbonyl (C=O) groups is 1. The first-order valence-corrected chi connectivity index (χ1v) is 11.2. The molecule has 1 aliphatic carbocycles. The standard InChI is InChI=1S/C23H26N4O2S/c1-3-29-20-13-11-19(12-14-20)24-22(28)16(2)30-23-26-25-21(18-9-10-18)27(23)15-17-7-5-4-6-8-17/h4-8,11-14,16,18H,3,9-10,15H2,1-2H3,(H,24,28). The van der Waals surface area contributed by atoms with Crippen LogP contribution >= 0.6 is 11.8 Å². The second kappa shape index (κ2) is 9.34. The van der Waals surface area contributed by atoms with Crippen LogP contribution in [0.3, 0.4) is 0 Å². The Morgan fingerprint density at radius 1 is 1.17 bits per heavy atom. The number of hydrogen-bond acceptors (Lipinski definition) is 5. The van der Waals surface area contributed by atoms with Crippen molar-refractivity contribution in [1.82, 2.24) is 14.8 Å². The highest BCUT2D eigenvalue weighted by Crippen LogP contribution is 2.40. The van der Waals surface area contributed by atoms with E-state index in [2.05, 4.69) is 32.2 Å². The maximum atomic E-state index is 12.7. The van der Waals surface area contributed by atoms with Crippen LogP contribution in [0.5, 0.6) is 5.75 Å². The minimum Gasteiger partial charge on any atom is -0.494 e. The summed E-state index contributed by atoms with van der Waals surface area (Å²) in [6.07, 6.45) is 2.32. The van der Waals surface area contributed by atoms with Gasteiger partial charge in [0.15, 0.2) is 5.16 Å². The number of carbonyl (C=O) groups excluding carboxylic acids is 1. The molecule has 3 aromatic rings. The third kappa shape index (κ3) is 5.02. The average Bonchev–Trinajstić information content (AvgIpc) is 3.53. The molecular weight excluding hydrogens is 396 g/mol. The summed E-state index contributed by atoms with van der Waals surface area (Å²) in [5.74, 6) is 2.25. The minimum atomic E-state index is -0.303. The van der Waals surface area contributed by atoms with Gasteiger partial charge in [0.25, 0.3) is 0 Å². The van der Waals surface area contributed by atoms with E-state index in [1.807, 2.05) is 56.3 Å². The Hall–Kier alpha value is -2.80. The van der Waals surface area contributed by atoms with Gasteiger partial charge >= 0.3 is 0 Å². The van der Waals surface area contributed by atoms with Gasteiger partial charge in [0.2, 0.25) is 5.91 Å².